The van der Waals surface area contributed by atoms with Crippen molar-refractivity contribution in [3.05, 3.63) is 52.4 Å². The van der Waals surface area contributed by atoms with E-state index in [2.05, 4.69) is 22.9 Å². The quantitative estimate of drug-likeness (QED) is 0.627. The third-order valence-electron chi connectivity index (χ3n) is 2.45. The van der Waals surface area contributed by atoms with Crippen molar-refractivity contribution in [2.24, 2.45) is 0 Å². The number of hydrogen-bond acceptors (Lipinski definition) is 3. The molecule has 1 aromatic heterocycles. The standard InChI is InChI=1S/C14H13BrO3/c1-2-3-10-4-6-11(7-5-10)17-14(16)12-8-9-13(15)18-12/h4-9H,2-3H2,1H3. The topological polar surface area (TPSA) is 39.4 Å². The van der Waals surface area contributed by atoms with Crippen molar-refractivity contribution in [2.75, 3.05) is 0 Å². The number of carbonyl (C=O) groups is 1. The lowest BCUT2D eigenvalue weighted by Crippen LogP contribution is -2.07. The van der Waals surface area contributed by atoms with Crippen LogP contribution >= 0.6 is 15.9 Å². The molecule has 0 saturated heterocycles. The SMILES string of the molecule is CCCc1ccc(OC(=O)c2ccc(Br)o2)cc1. The monoisotopic (exact) mass is 308 g/mol. The summed E-state index contributed by atoms with van der Waals surface area (Å²) in [5.41, 5.74) is 1.23. The Balaban J connectivity index is 2.03. The second-order valence-corrected chi connectivity index (χ2v) is 4.67. The van der Waals surface area contributed by atoms with E-state index in [0.717, 1.165) is 12.8 Å². The molecular weight excluding hydrogens is 296 g/mol. The van der Waals surface area contributed by atoms with E-state index in [1.165, 1.54) is 5.56 Å². The summed E-state index contributed by atoms with van der Waals surface area (Å²) in [6.07, 6.45) is 2.12. The summed E-state index contributed by atoms with van der Waals surface area (Å²) < 4.78 is 10.8. The molecule has 94 valence electrons. The van der Waals surface area contributed by atoms with Crippen LogP contribution in [0.15, 0.2) is 45.5 Å². The Bertz CT molecular complexity index is 528. The Morgan fingerprint density at radius 3 is 2.50 bits per heavy atom. The van der Waals surface area contributed by atoms with Gasteiger partial charge in [0.25, 0.3) is 0 Å². The molecule has 2 aromatic rings. The number of esters is 1. The van der Waals surface area contributed by atoms with Gasteiger partial charge in [-0.15, -0.1) is 0 Å². The highest BCUT2D eigenvalue weighted by atomic mass is 79.9. The fourth-order valence-corrected chi connectivity index (χ4v) is 1.90. The zero-order valence-electron chi connectivity index (χ0n) is 9.98. The van der Waals surface area contributed by atoms with E-state index in [4.69, 9.17) is 9.15 Å². The molecule has 0 amide bonds. The van der Waals surface area contributed by atoms with Crippen molar-refractivity contribution in [1.82, 2.24) is 0 Å². The van der Waals surface area contributed by atoms with Crippen molar-refractivity contribution in [1.29, 1.82) is 0 Å². The molecule has 2 rings (SSSR count). The van der Waals surface area contributed by atoms with Crippen LogP contribution in [-0.4, -0.2) is 5.97 Å². The van der Waals surface area contributed by atoms with E-state index in [1.54, 1.807) is 24.3 Å². The first-order chi connectivity index (χ1) is 8.69. The van der Waals surface area contributed by atoms with E-state index in [0.29, 0.717) is 10.4 Å². The molecule has 0 bridgehead atoms. The maximum absolute atomic E-state index is 11.7. The Morgan fingerprint density at radius 1 is 1.22 bits per heavy atom. The number of carbonyl (C=O) groups excluding carboxylic acids is 1. The molecule has 18 heavy (non-hydrogen) atoms. The molecule has 0 aliphatic rings. The molecule has 0 radical (unpaired) electrons. The summed E-state index contributed by atoms with van der Waals surface area (Å²) in [5.74, 6) is 0.204. The summed E-state index contributed by atoms with van der Waals surface area (Å²) >= 11 is 3.14. The molecule has 0 spiro atoms. The van der Waals surface area contributed by atoms with Crippen molar-refractivity contribution in [2.45, 2.75) is 19.8 Å². The van der Waals surface area contributed by atoms with E-state index in [1.807, 2.05) is 12.1 Å². The predicted molar refractivity (Wildman–Crippen MR) is 71.8 cm³/mol. The van der Waals surface area contributed by atoms with Gasteiger partial charge in [-0.3, -0.25) is 0 Å². The second kappa shape index (κ2) is 5.87. The smallest absolute Gasteiger partial charge is 0.379 e. The third kappa shape index (κ3) is 3.23. The second-order valence-electron chi connectivity index (χ2n) is 3.89. The number of rotatable bonds is 4. The van der Waals surface area contributed by atoms with Crippen LogP contribution in [0.3, 0.4) is 0 Å². The Kier molecular flexibility index (Phi) is 4.20. The molecular formula is C14H13BrO3. The number of benzene rings is 1. The Hall–Kier alpha value is -1.55. The van der Waals surface area contributed by atoms with Crippen molar-refractivity contribution >= 4 is 21.9 Å². The minimum Gasteiger partial charge on any atom is -0.442 e. The van der Waals surface area contributed by atoms with Gasteiger partial charge in [0.15, 0.2) is 4.67 Å². The van der Waals surface area contributed by atoms with E-state index < -0.39 is 5.97 Å². The van der Waals surface area contributed by atoms with Crippen LogP contribution in [0.25, 0.3) is 0 Å². The maximum atomic E-state index is 11.7. The van der Waals surface area contributed by atoms with Crippen molar-refractivity contribution < 1.29 is 13.9 Å². The lowest BCUT2D eigenvalue weighted by Gasteiger charge is -2.03. The third-order valence-corrected chi connectivity index (χ3v) is 2.87. The summed E-state index contributed by atoms with van der Waals surface area (Å²) in [6, 6.07) is 10.7. The molecule has 0 N–H and O–H groups in total. The average Bonchev–Trinajstić information content (AvgIpc) is 2.79. The lowest BCUT2D eigenvalue weighted by molar-refractivity contribution is 0.0700. The van der Waals surface area contributed by atoms with Gasteiger partial charge in [0.1, 0.15) is 5.75 Å². The van der Waals surface area contributed by atoms with Gasteiger partial charge >= 0.3 is 5.97 Å². The number of ether oxygens (including phenoxy) is 1. The van der Waals surface area contributed by atoms with Crippen LogP contribution in [0.1, 0.15) is 29.5 Å². The van der Waals surface area contributed by atoms with Gasteiger partial charge in [0.2, 0.25) is 5.76 Å². The zero-order valence-corrected chi connectivity index (χ0v) is 11.6. The zero-order chi connectivity index (χ0) is 13.0. The molecule has 0 aliphatic carbocycles. The van der Waals surface area contributed by atoms with Crippen molar-refractivity contribution in [3.63, 3.8) is 0 Å². The van der Waals surface area contributed by atoms with Gasteiger partial charge in [-0.1, -0.05) is 25.5 Å². The number of aryl methyl sites for hydroxylation is 1. The first-order valence-electron chi connectivity index (χ1n) is 5.75. The van der Waals surface area contributed by atoms with Crippen LogP contribution in [0.4, 0.5) is 0 Å². The summed E-state index contributed by atoms with van der Waals surface area (Å²) in [5, 5.41) is 0. The molecule has 0 unspecified atom stereocenters. The summed E-state index contributed by atoms with van der Waals surface area (Å²) in [6.45, 7) is 2.13. The molecule has 0 atom stereocenters. The highest BCUT2D eigenvalue weighted by molar-refractivity contribution is 9.10. The van der Waals surface area contributed by atoms with E-state index in [-0.39, 0.29) is 5.76 Å². The first kappa shape index (κ1) is 12.9. The molecule has 3 nitrogen and oxygen atoms in total. The number of hydrogen-bond donors (Lipinski definition) is 0. The molecule has 1 aromatic carbocycles. The fraction of sp³-hybridized carbons (Fsp3) is 0.214. The van der Waals surface area contributed by atoms with Gasteiger partial charge in [-0.05, 0) is 52.2 Å². The minimum absolute atomic E-state index is 0.180. The van der Waals surface area contributed by atoms with Crippen LogP contribution < -0.4 is 4.74 Å². The van der Waals surface area contributed by atoms with Crippen LogP contribution in [-0.2, 0) is 6.42 Å². The minimum atomic E-state index is -0.496. The Labute approximate surface area is 114 Å². The van der Waals surface area contributed by atoms with Gasteiger partial charge in [-0.25, -0.2) is 4.79 Å². The molecule has 1 heterocycles. The number of halogens is 1. The van der Waals surface area contributed by atoms with Gasteiger partial charge < -0.3 is 9.15 Å². The highest BCUT2D eigenvalue weighted by Crippen LogP contribution is 2.18. The van der Waals surface area contributed by atoms with Crippen LogP contribution in [0.5, 0.6) is 5.75 Å². The largest absolute Gasteiger partial charge is 0.442 e. The van der Waals surface area contributed by atoms with Gasteiger partial charge in [-0.2, -0.15) is 0 Å². The van der Waals surface area contributed by atoms with Gasteiger partial charge in [0, 0.05) is 0 Å². The number of furan rings is 1. The van der Waals surface area contributed by atoms with E-state index >= 15 is 0 Å². The average molecular weight is 309 g/mol. The summed E-state index contributed by atoms with van der Waals surface area (Å²) in [7, 11) is 0. The van der Waals surface area contributed by atoms with Crippen LogP contribution in [0, 0.1) is 0 Å². The lowest BCUT2D eigenvalue weighted by atomic mass is 10.1. The van der Waals surface area contributed by atoms with Gasteiger partial charge in [0.05, 0.1) is 0 Å². The van der Waals surface area contributed by atoms with E-state index in [9.17, 15) is 4.79 Å². The highest BCUT2D eigenvalue weighted by Gasteiger charge is 2.12. The first-order valence-corrected chi connectivity index (χ1v) is 6.55. The van der Waals surface area contributed by atoms with Crippen molar-refractivity contribution in [3.8, 4) is 5.75 Å². The molecule has 0 fully saturated rings. The Morgan fingerprint density at radius 2 is 1.94 bits per heavy atom. The molecule has 4 heteroatoms. The summed E-state index contributed by atoms with van der Waals surface area (Å²) in [4.78, 5) is 11.7. The van der Waals surface area contributed by atoms with Crippen LogP contribution in [0.2, 0.25) is 0 Å². The predicted octanol–water partition coefficient (Wildman–Crippen LogP) is 4.21. The normalized spacial score (nSPS) is 10.3. The fourth-order valence-electron chi connectivity index (χ4n) is 1.59. The molecule has 0 aliphatic heterocycles. The molecule has 0 saturated carbocycles. The maximum Gasteiger partial charge on any atom is 0.379 e.